The minimum absolute atomic E-state index is 0.0130. The van der Waals surface area contributed by atoms with E-state index in [0.717, 1.165) is 0 Å². The zero-order valence-electron chi connectivity index (χ0n) is 20.4. The van der Waals surface area contributed by atoms with E-state index in [2.05, 4.69) is 16.0 Å². The maximum absolute atomic E-state index is 13.0. The molecule has 0 bridgehead atoms. The molecule has 0 aliphatic heterocycles. The number of aromatic hydroxyl groups is 1. The lowest BCUT2D eigenvalue weighted by molar-refractivity contribution is -0.142. The van der Waals surface area contributed by atoms with Crippen molar-refractivity contribution in [3.05, 3.63) is 29.8 Å². The average molecular weight is 512 g/mol. The minimum atomic E-state index is -1.52. The molecule has 6 unspecified atom stereocenters. The van der Waals surface area contributed by atoms with Crippen LogP contribution in [0.15, 0.2) is 24.3 Å². The van der Waals surface area contributed by atoms with Gasteiger partial charge in [-0.05, 0) is 57.4 Å². The van der Waals surface area contributed by atoms with E-state index < -0.39 is 60.1 Å². The number of phenols is 1. The number of carbonyl (C=O) groups excluding carboxylic acids is 3. The van der Waals surface area contributed by atoms with Gasteiger partial charge < -0.3 is 47.8 Å². The number of hydrogen-bond acceptors (Lipinski definition) is 9. The van der Waals surface area contributed by atoms with E-state index in [4.69, 9.17) is 11.5 Å². The van der Waals surface area contributed by atoms with Gasteiger partial charge >= 0.3 is 5.97 Å². The molecule has 3 amide bonds. The van der Waals surface area contributed by atoms with Gasteiger partial charge in [-0.15, -0.1) is 0 Å². The number of aliphatic hydroxyl groups excluding tert-OH is 2. The Balaban J connectivity index is 3.11. The van der Waals surface area contributed by atoms with Crippen molar-refractivity contribution < 1.29 is 39.6 Å². The highest BCUT2D eigenvalue weighted by atomic mass is 16.4. The largest absolute Gasteiger partial charge is 0.508 e. The van der Waals surface area contributed by atoms with Crippen LogP contribution in [0, 0.1) is 0 Å². The van der Waals surface area contributed by atoms with Crippen molar-refractivity contribution in [3.8, 4) is 5.75 Å². The summed E-state index contributed by atoms with van der Waals surface area (Å²) < 4.78 is 0. The van der Waals surface area contributed by atoms with Crippen molar-refractivity contribution in [3.63, 3.8) is 0 Å². The van der Waals surface area contributed by atoms with Crippen LogP contribution in [0.3, 0.4) is 0 Å². The molecule has 0 fully saturated rings. The number of aliphatic hydroxyl groups is 2. The third kappa shape index (κ3) is 10.2. The van der Waals surface area contributed by atoms with Crippen LogP contribution in [-0.4, -0.2) is 87.0 Å². The van der Waals surface area contributed by atoms with Gasteiger partial charge in [-0.3, -0.25) is 14.4 Å². The molecule has 0 aliphatic carbocycles. The molecule has 0 spiro atoms. The fraction of sp³-hybridized carbons (Fsp3) is 0.565. The van der Waals surface area contributed by atoms with Crippen LogP contribution >= 0.6 is 0 Å². The van der Waals surface area contributed by atoms with E-state index >= 15 is 0 Å². The first kappa shape index (κ1) is 30.8. The standard InChI is InChI=1S/C23H37N5O8/c1-12(29)18(25)21(33)28-19(13(2)30)22(34)27-17(11-14-6-8-15(31)9-7-14)20(32)26-16(23(35)36)5-3-4-10-24/h6-9,12-13,16-19,29-31H,3-5,10-11,24-25H2,1-2H3,(H,26,32)(H,27,34)(H,28,33)(H,35,36). The fourth-order valence-corrected chi connectivity index (χ4v) is 3.23. The van der Waals surface area contributed by atoms with Gasteiger partial charge in [-0.1, -0.05) is 12.1 Å². The molecule has 0 aromatic heterocycles. The minimum Gasteiger partial charge on any atom is -0.508 e. The number of rotatable bonds is 15. The Hall–Kier alpha value is -3.26. The summed E-state index contributed by atoms with van der Waals surface area (Å²) in [7, 11) is 0. The van der Waals surface area contributed by atoms with Gasteiger partial charge in [-0.2, -0.15) is 0 Å². The van der Waals surface area contributed by atoms with E-state index in [-0.39, 0.29) is 18.6 Å². The van der Waals surface area contributed by atoms with Crippen molar-refractivity contribution in [2.75, 3.05) is 6.54 Å². The van der Waals surface area contributed by atoms with Gasteiger partial charge in [0.25, 0.3) is 0 Å². The quantitative estimate of drug-likeness (QED) is 0.114. The molecule has 36 heavy (non-hydrogen) atoms. The number of carboxylic acid groups (broad SMARTS) is 1. The molecule has 13 heteroatoms. The Bertz CT molecular complexity index is 878. The molecule has 0 saturated heterocycles. The molecule has 1 aromatic carbocycles. The number of nitrogens with one attached hydrogen (secondary N) is 3. The highest BCUT2D eigenvalue weighted by molar-refractivity contribution is 5.94. The van der Waals surface area contributed by atoms with Crippen LogP contribution in [0.5, 0.6) is 5.75 Å². The SMILES string of the molecule is CC(O)C(N)C(=O)NC(C(=O)NC(Cc1ccc(O)cc1)C(=O)NC(CCCCN)C(=O)O)C(C)O. The molecule has 6 atom stereocenters. The Labute approximate surface area is 209 Å². The molecule has 13 nitrogen and oxygen atoms in total. The van der Waals surface area contributed by atoms with Gasteiger partial charge in [0.1, 0.15) is 29.9 Å². The van der Waals surface area contributed by atoms with Crippen molar-refractivity contribution >= 4 is 23.7 Å². The summed E-state index contributed by atoms with van der Waals surface area (Å²) in [5, 5.41) is 45.7. The highest BCUT2D eigenvalue weighted by Crippen LogP contribution is 2.12. The maximum Gasteiger partial charge on any atom is 0.326 e. The summed E-state index contributed by atoms with van der Waals surface area (Å²) in [5.74, 6) is -3.88. The molecule has 1 aromatic rings. The number of carboxylic acids is 1. The first-order valence-electron chi connectivity index (χ1n) is 11.6. The summed E-state index contributed by atoms with van der Waals surface area (Å²) >= 11 is 0. The number of aliphatic carboxylic acids is 1. The smallest absolute Gasteiger partial charge is 0.326 e. The molecule has 0 aliphatic rings. The van der Waals surface area contributed by atoms with Gasteiger partial charge in [0.15, 0.2) is 0 Å². The first-order valence-corrected chi connectivity index (χ1v) is 11.6. The molecule has 1 rings (SSSR count). The van der Waals surface area contributed by atoms with Crippen LogP contribution in [0.1, 0.15) is 38.7 Å². The second-order valence-corrected chi connectivity index (χ2v) is 8.61. The van der Waals surface area contributed by atoms with E-state index in [9.17, 15) is 39.6 Å². The van der Waals surface area contributed by atoms with Gasteiger partial charge in [0, 0.05) is 6.42 Å². The summed E-state index contributed by atoms with van der Waals surface area (Å²) in [4.78, 5) is 49.9. The van der Waals surface area contributed by atoms with Crippen molar-refractivity contribution in [1.29, 1.82) is 0 Å². The second kappa shape index (κ2) is 15.0. The second-order valence-electron chi connectivity index (χ2n) is 8.61. The zero-order valence-corrected chi connectivity index (χ0v) is 20.4. The number of amides is 3. The van der Waals surface area contributed by atoms with E-state index in [0.29, 0.717) is 24.9 Å². The number of nitrogens with two attached hydrogens (primary N) is 2. The number of phenolic OH excluding ortho intramolecular Hbond substituents is 1. The molecule has 0 radical (unpaired) electrons. The first-order chi connectivity index (χ1) is 16.9. The normalized spacial score (nSPS) is 16.1. The Morgan fingerprint density at radius 1 is 0.861 bits per heavy atom. The van der Waals surface area contributed by atoms with Crippen molar-refractivity contribution in [1.82, 2.24) is 16.0 Å². The number of carbonyl (C=O) groups is 4. The molecular weight excluding hydrogens is 474 g/mol. The number of hydrogen-bond donors (Lipinski definition) is 9. The fourth-order valence-electron chi connectivity index (χ4n) is 3.23. The lowest BCUT2D eigenvalue weighted by Gasteiger charge is -2.27. The summed E-state index contributed by atoms with van der Waals surface area (Å²) in [6.07, 6.45) is -1.54. The summed E-state index contributed by atoms with van der Waals surface area (Å²) in [5.41, 5.74) is 11.6. The summed E-state index contributed by atoms with van der Waals surface area (Å²) in [6.45, 7) is 2.89. The lowest BCUT2D eigenvalue weighted by Crippen LogP contribution is -2.61. The van der Waals surface area contributed by atoms with Crippen LogP contribution in [0.4, 0.5) is 0 Å². The Morgan fingerprint density at radius 3 is 1.94 bits per heavy atom. The van der Waals surface area contributed by atoms with E-state index in [1.54, 1.807) is 0 Å². The maximum atomic E-state index is 13.0. The van der Waals surface area contributed by atoms with Crippen LogP contribution < -0.4 is 27.4 Å². The van der Waals surface area contributed by atoms with Gasteiger partial charge in [0.05, 0.1) is 12.2 Å². The van der Waals surface area contributed by atoms with Crippen LogP contribution in [0.2, 0.25) is 0 Å². The Morgan fingerprint density at radius 2 is 1.44 bits per heavy atom. The third-order valence-corrected chi connectivity index (χ3v) is 5.46. The lowest BCUT2D eigenvalue weighted by atomic mass is 10.0. The monoisotopic (exact) mass is 511 g/mol. The topological polar surface area (TPSA) is 237 Å². The van der Waals surface area contributed by atoms with Gasteiger partial charge in [-0.25, -0.2) is 4.79 Å². The molecule has 11 N–H and O–H groups in total. The molecule has 0 heterocycles. The van der Waals surface area contributed by atoms with Crippen molar-refractivity contribution in [2.24, 2.45) is 11.5 Å². The number of benzene rings is 1. The summed E-state index contributed by atoms with van der Waals surface area (Å²) in [6, 6.07) is 0.421. The van der Waals surface area contributed by atoms with E-state index in [1.165, 1.54) is 38.1 Å². The molecule has 202 valence electrons. The molecular formula is C23H37N5O8. The Kier molecular flexibility index (Phi) is 12.8. The van der Waals surface area contributed by atoms with Crippen molar-refractivity contribution in [2.45, 2.75) is 75.9 Å². The zero-order chi connectivity index (χ0) is 27.4. The third-order valence-electron chi connectivity index (χ3n) is 5.46. The molecule has 0 saturated carbocycles. The predicted molar refractivity (Wildman–Crippen MR) is 129 cm³/mol. The predicted octanol–water partition coefficient (Wildman–Crippen LogP) is -2.31. The van der Waals surface area contributed by atoms with Crippen LogP contribution in [0.25, 0.3) is 0 Å². The average Bonchev–Trinajstić information content (AvgIpc) is 2.81. The van der Waals surface area contributed by atoms with E-state index in [1.807, 2.05) is 0 Å². The van der Waals surface area contributed by atoms with Gasteiger partial charge in [0.2, 0.25) is 17.7 Å². The number of unbranched alkanes of at least 4 members (excludes halogenated alkanes) is 1. The van der Waals surface area contributed by atoms with Crippen LogP contribution in [-0.2, 0) is 25.6 Å². The highest BCUT2D eigenvalue weighted by Gasteiger charge is 2.33.